The summed E-state index contributed by atoms with van der Waals surface area (Å²) in [7, 11) is 0. The van der Waals surface area contributed by atoms with E-state index in [1.165, 1.54) is 11.3 Å². The third-order valence-electron chi connectivity index (χ3n) is 5.27. The van der Waals surface area contributed by atoms with Crippen molar-refractivity contribution in [1.29, 1.82) is 0 Å². The van der Waals surface area contributed by atoms with Crippen LogP contribution in [0.1, 0.15) is 19.3 Å². The van der Waals surface area contributed by atoms with E-state index in [2.05, 4.69) is 10.3 Å². The van der Waals surface area contributed by atoms with E-state index in [4.69, 9.17) is 0 Å². The molecule has 24 heavy (non-hydrogen) atoms. The van der Waals surface area contributed by atoms with Crippen LogP contribution in [0.25, 0.3) is 10.2 Å². The summed E-state index contributed by atoms with van der Waals surface area (Å²) in [6.07, 6.45) is 2.65. The summed E-state index contributed by atoms with van der Waals surface area (Å²) < 4.78 is 1.04. The predicted octanol–water partition coefficient (Wildman–Crippen LogP) is 2.42. The number of aromatic nitrogens is 1. The summed E-state index contributed by atoms with van der Waals surface area (Å²) in [4.78, 5) is 30.4. The molecule has 0 bridgehead atoms. The van der Waals surface area contributed by atoms with Gasteiger partial charge in [-0.25, -0.2) is 4.98 Å². The number of rotatable bonds is 4. The molecule has 1 aliphatic carbocycles. The van der Waals surface area contributed by atoms with Gasteiger partial charge in [0.1, 0.15) is 0 Å². The Morgan fingerprint density at radius 3 is 3.00 bits per heavy atom. The minimum Gasteiger partial charge on any atom is -0.481 e. The fraction of sp³-hybridized carbons (Fsp3) is 0.471. The minimum absolute atomic E-state index is 0.130. The maximum absolute atomic E-state index is 12.3. The molecule has 0 spiro atoms. The Morgan fingerprint density at radius 1 is 1.42 bits per heavy atom. The van der Waals surface area contributed by atoms with Gasteiger partial charge < -0.3 is 10.4 Å². The first-order valence-electron chi connectivity index (χ1n) is 8.18. The molecule has 0 radical (unpaired) electrons. The SMILES string of the molecule is O=C(CN1C[C@@H]2CCC[C@@]2(C(=O)O)C1)Nc1nc2ccccc2s1. The lowest BCUT2D eigenvalue weighted by Crippen LogP contribution is -2.37. The number of carbonyl (C=O) groups excluding carboxylic acids is 1. The van der Waals surface area contributed by atoms with Crippen LogP contribution in [-0.4, -0.2) is 46.5 Å². The van der Waals surface area contributed by atoms with Crippen LogP contribution in [0.2, 0.25) is 0 Å². The molecule has 6 nitrogen and oxygen atoms in total. The molecule has 2 aromatic rings. The number of hydrogen-bond acceptors (Lipinski definition) is 5. The number of nitrogens with zero attached hydrogens (tertiary/aromatic N) is 2. The second-order valence-corrected chi connectivity index (χ2v) is 7.79. The molecule has 1 aromatic carbocycles. The second kappa shape index (κ2) is 5.82. The van der Waals surface area contributed by atoms with Gasteiger partial charge in [0.05, 0.1) is 22.2 Å². The summed E-state index contributed by atoms with van der Waals surface area (Å²) in [5, 5.41) is 13.0. The van der Waals surface area contributed by atoms with Crippen LogP contribution in [0, 0.1) is 11.3 Å². The predicted molar refractivity (Wildman–Crippen MR) is 92.1 cm³/mol. The molecule has 1 aromatic heterocycles. The smallest absolute Gasteiger partial charge is 0.311 e. The molecule has 126 valence electrons. The van der Waals surface area contributed by atoms with Crippen molar-refractivity contribution < 1.29 is 14.7 Å². The van der Waals surface area contributed by atoms with Gasteiger partial charge in [-0.2, -0.15) is 0 Å². The van der Waals surface area contributed by atoms with Crippen molar-refractivity contribution >= 4 is 38.6 Å². The van der Waals surface area contributed by atoms with Gasteiger partial charge in [-0.15, -0.1) is 0 Å². The number of para-hydroxylation sites is 1. The van der Waals surface area contributed by atoms with Crippen LogP contribution in [0.15, 0.2) is 24.3 Å². The molecule has 2 heterocycles. The zero-order chi connectivity index (χ0) is 16.7. The second-order valence-electron chi connectivity index (χ2n) is 6.75. The summed E-state index contributed by atoms with van der Waals surface area (Å²) >= 11 is 1.45. The molecule has 2 fully saturated rings. The molecule has 2 N–H and O–H groups in total. The molecule has 1 saturated carbocycles. The van der Waals surface area contributed by atoms with Gasteiger partial charge in [0.2, 0.25) is 5.91 Å². The Bertz CT molecular complexity index is 772. The van der Waals surface area contributed by atoms with Gasteiger partial charge in [0.15, 0.2) is 5.13 Å². The number of aliphatic carboxylic acids is 1. The molecular weight excluding hydrogens is 326 g/mol. The van der Waals surface area contributed by atoms with Gasteiger partial charge >= 0.3 is 5.97 Å². The number of carboxylic acids is 1. The number of anilines is 1. The van der Waals surface area contributed by atoms with Crippen LogP contribution in [-0.2, 0) is 9.59 Å². The number of amides is 1. The molecule has 2 atom stereocenters. The Balaban J connectivity index is 1.41. The van der Waals surface area contributed by atoms with Crippen molar-refractivity contribution in [3.8, 4) is 0 Å². The Kier molecular flexibility index (Phi) is 3.77. The highest BCUT2D eigenvalue weighted by Gasteiger charge is 2.54. The lowest BCUT2D eigenvalue weighted by atomic mass is 9.81. The van der Waals surface area contributed by atoms with Crippen LogP contribution in [0.3, 0.4) is 0 Å². The number of nitrogens with one attached hydrogen (secondary N) is 1. The van der Waals surface area contributed by atoms with Crippen molar-refractivity contribution in [3.63, 3.8) is 0 Å². The minimum atomic E-state index is -0.709. The fourth-order valence-corrected chi connectivity index (χ4v) is 5.03. The first-order chi connectivity index (χ1) is 11.6. The van der Waals surface area contributed by atoms with Gasteiger partial charge in [0.25, 0.3) is 0 Å². The molecule has 2 aliphatic rings. The Morgan fingerprint density at radius 2 is 2.25 bits per heavy atom. The molecule has 0 unspecified atom stereocenters. The first-order valence-corrected chi connectivity index (χ1v) is 9.00. The molecule has 7 heteroatoms. The molecule has 1 aliphatic heterocycles. The monoisotopic (exact) mass is 345 g/mol. The number of carboxylic acid groups (broad SMARTS) is 1. The van der Waals surface area contributed by atoms with E-state index in [0.29, 0.717) is 18.2 Å². The topological polar surface area (TPSA) is 82.5 Å². The van der Waals surface area contributed by atoms with E-state index in [9.17, 15) is 14.7 Å². The summed E-state index contributed by atoms with van der Waals surface area (Å²) in [6.45, 7) is 1.39. The maximum atomic E-state index is 12.3. The number of benzene rings is 1. The van der Waals surface area contributed by atoms with Crippen molar-refractivity contribution in [2.45, 2.75) is 19.3 Å². The lowest BCUT2D eigenvalue weighted by molar-refractivity contribution is -0.149. The molecular formula is C17H19N3O3S. The van der Waals surface area contributed by atoms with Crippen LogP contribution in [0.4, 0.5) is 5.13 Å². The zero-order valence-corrected chi connectivity index (χ0v) is 14.0. The van der Waals surface area contributed by atoms with E-state index >= 15 is 0 Å². The summed E-state index contributed by atoms with van der Waals surface area (Å²) in [5.74, 6) is -0.668. The van der Waals surface area contributed by atoms with Crippen molar-refractivity contribution in [3.05, 3.63) is 24.3 Å². The average molecular weight is 345 g/mol. The Hall–Kier alpha value is -1.99. The van der Waals surface area contributed by atoms with Gasteiger partial charge in [0, 0.05) is 13.1 Å². The summed E-state index contributed by atoms with van der Waals surface area (Å²) in [5.41, 5.74) is 0.231. The van der Waals surface area contributed by atoms with Crippen molar-refractivity contribution in [1.82, 2.24) is 9.88 Å². The fourth-order valence-electron chi connectivity index (χ4n) is 4.15. The maximum Gasteiger partial charge on any atom is 0.311 e. The van der Waals surface area contributed by atoms with E-state index < -0.39 is 11.4 Å². The van der Waals surface area contributed by atoms with E-state index in [-0.39, 0.29) is 18.4 Å². The molecule has 1 saturated heterocycles. The normalized spacial score (nSPS) is 26.6. The highest BCUT2D eigenvalue weighted by molar-refractivity contribution is 7.22. The highest BCUT2D eigenvalue weighted by atomic mass is 32.1. The number of likely N-dealkylation sites (tertiary alicyclic amines) is 1. The van der Waals surface area contributed by atoms with Crippen molar-refractivity contribution in [2.24, 2.45) is 11.3 Å². The highest BCUT2D eigenvalue weighted by Crippen LogP contribution is 2.48. The number of fused-ring (bicyclic) bond motifs is 2. The summed E-state index contributed by atoms with van der Waals surface area (Å²) in [6, 6.07) is 7.75. The van der Waals surface area contributed by atoms with Crippen LogP contribution >= 0.6 is 11.3 Å². The van der Waals surface area contributed by atoms with Gasteiger partial charge in [-0.05, 0) is 30.9 Å². The lowest BCUT2D eigenvalue weighted by Gasteiger charge is -2.23. The molecule has 1 amide bonds. The number of thiazole rings is 1. The largest absolute Gasteiger partial charge is 0.481 e. The quantitative estimate of drug-likeness (QED) is 0.889. The Labute approximate surface area is 143 Å². The number of hydrogen-bond donors (Lipinski definition) is 2. The van der Waals surface area contributed by atoms with Crippen LogP contribution in [0.5, 0.6) is 0 Å². The third kappa shape index (κ3) is 2.57. The first kappa shape index (κ1) is 15.5. The van der Waals surface area contributed by atoms with E-state index in [0.717, 1.165) is 29.5 Å². The third-order valence-corrected chi connectivity index (χ3v) is 6.23. The average Bonchev–Trinajstić information content (AvgIpc) is 3.18. The van der Waals surface area contributed by atoms with Gasteiger partial charge in [-0.1, -0.05) is 29.9 Å². The van der Waals surface area contributed by atoms with Crippen molar-refractivity contribution in [2.75, 3.05) is 25.0 Å². The van der Waals surface area contributed by atoms with Crippen LogP contribution < -0.4 is 5.32 Å². The zero-order valence-electron chi connectivity index (χ0n) is 13.2. The van der Waals surface area contributed by atoms with Gasteiger partial charge in [-0.3, -0.25) is 14.5 Å². The number of carbonyl (C=O) groups is 2. The van der Waals surface area contributed by atoms with E-state index in [1.54, 1.807) is 0 Å². The molecule has 4 rings (SSSR count). The standard InChI is InChI=1S/C17H19N3O3S/c21-14(19-16-18-12-5-1-2-6-13(12)24-16)9-20-8-11-4-3-7-17(11,10-20)15(22)23/h1-2,5-6,11H,3-4,7-10H2,(H,22,23)(H,18,19,21)/t11-,17+/m0/s1. The van der Waals surface area contributed by atoms with E-state index in [1.807, 2.05) is 29.2 Å².